The van der Waals surface area contributed by atoms with Gasteiger partial charge in [0.1, 0.15) is 10.8 Å². The topological polar surface area (TPSA) is 101 Å². The fourth-order valence-corrected chi connectivity index (χ4v) is 4.74. The van der Waals surface area contributed by atoms with Crippen LogP contribution >= 0.6 is 11.3 Å². The lowest BCUT2D eigenvalue weighted by Crippen LogP contribution is -2.12. The standard InChI is InChI=1S/C19H16N4O2S2/c1-27(25,14-5-6-15(20)17(24)10-14)23-13-4-2-3-12(9-13)19-22-16-7-8-21-11-18(16)26-19/h2-11,24H,1,20H2,(H,23,25). The number of aromatic hydroxyl groups is 1. The van der Waals surface area contributed by atoms with Gasteiger partial charge in [0.15, 0.2) is 0 Å². The molecule has 0 aliphatic heterocycles. The molecule has 4 N–H and O–H groups in total. The number of nitrogens with one attached hydrogen (secondary N) is 1. The number of hydrogen-bond donors (Lipinski definition) is 3. The summed E-state index contributed by atoms with van der Waals surface area (Å²) in [5, 5.41) is 10.6. The minimum atomic E-state index is -2.87. The van der Waals surface area contributed by atoms with Crippen LogP contribution in [0.2, 0.25) is 0 Å². The van der Waals surface area contributed by atoms with Crippen LogP contribution in [0.25, 0.3) is 20.8 Å². The van der Waals surface area contributed by atoms with Crippen molar-refractivity contribution in [2.24, 2.45) is 0 Å². The molecule has 27 heavy (non-hydrogen) atoms. The molecule has 0 aliphatic carbocycles. The van der Waals surface area contributed by atoms with E-state index >= 15 is 0 Å². The van der Waals surface area contributed by atoms with Crippen molar-refractivity contribution in [1.82, 2.24) is 9.97 Å². The summed E-state index contributed by atoms with van der Waals surface area (Å²) in [4.78, 5) is 9.10. The van der Waals surface area contributed by atoms with Crippen molar-refractivity contribution in [1.29, 1.82) is 0 Å². The van der Waals surface area contributed by atoms with Gasteiger partial charge in [0.05, 0.1) is 30.5 Å². The van der Waals surface area contributed by atoms with Crippen LogP contribution in [0.3, 0.4) is 0 Å². The molecule has 4 aromatic rings. The lowest BCUT2D eigenvalue weighted by molar-refractivity contribution is 0.476. The van der Waals surface area contributed by atoms with Crippen LogP contribution in [0.1, 0.15) is 0 Å². The maximum atomic E-state index is 13.0. The number of anilines is 2. The molecule has 136 valence electrons. The van der Waals surface area contributed by atoms with Gasteiger partial charge in [-0.25, -0.2) is 9.19 Å². The summed E-state index contributed by atoms with van der Waals surface area (Å²) in [6.45, 7) is 0. The average molecular weight is 396 g/mol. The summed E-state index contributed by atoms with van der Waals surface area (Å²) in [6.07, 6.45) is 3.50. The zero-order valence-electron chi connectivity index (χ0n) is 14.1. The molecule has 6 nitrogen and oxygen atoms in total. The van der Waals surface area contributed by atoms with Crippen molar-refractivity contribution in [3.05, 3.63) is 60.9 Å². The second kappa shape index (κ2) is 6.57. The van der Waals surface area contributed by atoms with Gasteiger partial charge in [-0.15, -0.1) is 11.3 Å². The number of pyridine rings is 1. The van der Waals surface area contributed by atoms with E-state index in [0.717, 1.165) is 20.8 Å². The number of hydrogen-bond acceptors (Lipinski definition) is 6. The first-order chi connectivity index (χ1) is 12.9. The summed E-state index contributed by atoms with van der Waals surface area (Å²) in [5.41, 5.74) is 8.26. The van der Waals surface area contributed by atoms with E-state index in [4.69, 9.17) is 5.73 Å². The normalized spacial score (nSPS) is 13.3. The summed E-state index contributed by atoms with van der Waals surface area (Å²) in [5.74, 6) is 3.66. The van der Waals surface area contributed by atoms with Crippen molar-refractivity contribution >= 4 is 48.5 Å². The van der Waals surface area contributed by atoms with Crippen molar-refractivity contribution in [3.8, 4) is 16.3 Å². The van der Waals surface area contributed by atoms with Gasteiger partial charge in [0, 0.05) is 23.6 Å². The zero-order chi connectivity index (χ0) is 19.0. The van der Waals surface area contributed by atoms with E-state index in [1.54, 1.807) is 35.9 Å². The summed E-state index contributed by atoms with van der Waals surface area (Å²) < 4.78 is 17.0. The van der Waals surface area contributed by atoms with E-state index in [-0.39, 0.29) is 11.4 Å². The summed E-state index contributed by atoms with van der Waals surface area (Å²) >= 11 is 1.54. The van der Waals surface area contributed by atoms with Crippen LogP contribution in [0, 0.1) is 0 Å². The van der Waals surface area contributed by atoms with Crippen LogP contribution in [-0.4, -0.2) is 25.2 Å². The lowest BCUT2D eigenvalue weighted by Gasteiger charge is -2.14. The monoisotopic (exact) mass is 396 g/mol. The Morgan fingerprint density at radius 1 is 1.19 bits per heavy atom. The Labute approximate surface area is 160 Å². The number of benzene rings is 2. The molecule has 0 bridgehead atoms. The Morgan fingerprint density at radius 2 is 2.04 bits per heavy atom. The molecule has 2 heterocycles. The van der Waals surface area contributed by atoms with E-state index in [2.05, 4.69) is 20.6 Å². The number of nitrogens with two attached hydrogens (primary N) is 1. The molecular weight excluding hydrogens is 380 g/mol. The van der Waals surface area contributed by atoms with Crippen LogP contribution in [0.5, 0.6) is 5.75 Å². The number of fused-ring (bicyclic) bond motifs is 1. The molecular formula is C19H16N4O2S2. The highest BCUT2D eigenvalue weighted by Gasteiger charge is 2.12. The van der Waals surface area contributed by atoms with Gasteiger partial charge in [-0.1, -0.05) is 12.1 Å². The number of aromatic nitrogens is 2. The zero-order valence-corrected chi connectivity index (χ0v) is 15.8. The Bertz CT molecular complexity index is 1220. The van der Waals surface area contributed by atoms with Crippen molar-refractivity contribution < 1.29 is 9.32 Å². The van der Waals surface area contributed by atoms with Crippen LogP contribution in [-0.2, 0) is 9.71 Å². The van der Waals surface area contributed by atoms with Crippen molar-refractivity contribution in [3.63, 3.8) is 0 Å². The molecule has 0 amide bonds. The molecule has 8 heteroatoms. The van der Waals surface area contributed by atoms with Gasteiger partial charge in [0.2, 0.25) is 0 Å². The third kappa shape index (κ3) is 3.44. The molecule has 0 saturated carbocycles. The number of phenolic OH excluding ortho intramolecular Hbond substituents is 1. The number of rotatable bonds is 4. The third-order valence-corrected chi connectivity index (χ3v) is 6.60. The number of nitrogen functional groups attached to an aromatic ring is 1. The predicted molar refractivity (Wildman–Crippen MR) is 113 cm³/mol. The highest BCUT2D eigenvalue weighted by molar-refractivity contribution is 8.01. The smallest absolute Gasteiger partial charge is 0.139 e. The Kier molecular flexibility index (Phi) is 4.21. The van der Waals surface area contributed by atoms with E-state index < -0.39 is 9.71 Å². The highest BCUT2D eigenvalue weighted by Crippen LogP contribution is 2.31. The first-order valence-corrected chi connectivity index (χ1v) is 10.5. The fraction of sp³-hybridized carbons (Fsp3) is 0. The van der Waals surface area contributed by atoms with E-state index in [0.29, 0.717) is 10.6 Å². The van der Waals surface area contributed by atoms with E-state index in [1.165, 1.54) is 12.1 Å². The predicted octanol–water partition coefficient (Wildman–Crippen LogP) is 3.75. The SMILES string of the molecule is C=S(=O)(Nc1cccc(-c2nc3ccncc3s2)c1)c1ccc(N)c(O)c1. The number of phenols is 1. The fourth-order valence-electron chi connectivity index (χ4n) is 2.60. The Hall–Kier alpha value is -3.10. The van der Waals surface area contributed by atoms with Gasteiger partial charge in [-0.05, 0) is 42.3 Å². The second-order valence-electron chi connectivity index (χ2n) is 5.94. The van der Waals surface area contributed by atoms with E-state index in [9.17, 15) is 9.32 Å². The van der Waals surface area contributed by atoms with Gasteiger partial charge >= 0.3 is 0 Å². The van der Waals surface area contributed by atoms with E-state index in [1.807, 2.05) is 24.3 Å². The second-order valence-corrected chi connectivity index (χ2v) is 9.00. The van der Waals surface area contributed by atoms with Crippen molar-refractivity contribution in [2.75, 3.05) is 10.5 Å². The van der Waals surface area contributed by atoms with Crippen molar-refractivity contribution in [2.45, 2.75) is 4.90 Å². The highest BCUT2D eigenvalue weighted by atomic mass is 32.2. The molecule has 0 fully saturated rings. The average Bonchev–Trinajstić information content (AvgIpc) is 3.08. The van der Waals surface area contributed by atoms with Gasteiger partial charge in [0.25, 0.3) is 0 Å². The quantitative estimate of drug-likeness (QED) is 0.277. The molecule has 4 rings (SSSR count). The first kappa shape index (κ1) is 17.3. The van der Waals surface area contributed by atoms with Gasteiger partial charge < -0.3 is 15.6 Å². The molecule has 0 spiro atoms. The van der Waals surface area contributed by atoms with Crippen LogP contribution < -0.4 is 10.5 Å². The van der Waals surface area contributed by atoms with Gasteiger partial charge in [-0.3, -0.25) is 4.98 Å². The largest absolute Gasteiger partial charge is 0.506 e. The summed E-state index contributed by atoms with van der Waals surface area (Å²) in [7, 11) is -2.87. The van der Waals surface area contributed by atoms with Crippen LogP contribution in [0.4, 0.5) is 11.4 Å². The molecule has 1 atom stereocenters. The minimum Gasteiger partial charge on any atom is -0.506 e. The maximum absolute atomic E-state index is 13.0. The molecule has 0 aliphatic rings. The maximum Gasteiger partial charge on any atom is 0.139 e. The van der Waals surface area contributed by atoms with Gasteiger partial charge in [-0.2, -0.15) is 0 Å². The molecule has 2 aromatic heterocycles. The molecule has 0 saturated heterocycles. The third-order valence-electron chi connectivity index (χ3n) is 3.97. The molecule has 0 radical (unpaired) electrons. The minimum absolute atomic E-state index is 0.123. The number of nitrogens with zero attached hydrogens (tertiary/aromatic N) is 2. The Balaban J connectivity index is 1.67. The summed E-state index contributed by atoms with van der Waals surface area (Å²) in [6, 6.07) is 13.8. The number of thiazole rings is 1. The Morgan fingerprint density at radius 3 is 2.81 bits per heavy atom. The molecule has 1 unspecified atom stereocenters. The first-order valence-electron chi connectivity index (χ1n) is 7.97. The molecule has 2 aromatic carbocycles. The van der Waals surface area contributed by atoms with Crippen LogP contribution in [0.15, 0.2) is 65.8 Å². The lowest BCUT2D eigenvalue weighted by atomic mass is 10.2.